The average Bonchev–Trinajstić information content (AvgIpc) is 3.05. The molecular weight excluding hydrogens is 665 g/mol. The van der Waals surface area contributed by atoms with Crippen LogP contribution in [0, 0.1) is 54.4 Å². The SMILES string of the molecule is Cc1ccccc1N(Cc1ccnc(-c2cc(C)c(C)c(C)c2)c1)C1CCC(Cc2ccnc(-c3cc(C)c(C)c(C)c3)c2)CC1.Cl.Cl.Cl. The van der Waals surface area contributed by atoms with Crippen LogP contribution in [0.4, 0.5) is 5.69 Å². The fraction of sp³-hybridized carbons (Fsp3) is 0.349. The standard InChI is InChI=1S/C43H49N3.3ClH/c1-28-10-8-9-11-43(28)46(27-37-17-19-45-42(26-37)39-22-31(4)34(7)32(5)23-39)40-14-12-35(13-15-40)24-36-16-18-44-41(25-36)38-20-29(2)33(6)30(3)21-38;;;/h8-11,16-23,25-26,35,40H,12-15,24,27H2,1-7H3;3*1H. The molecule has 6 rings (SSSR count). The van der Waals surface area contributed by atoms with Crippen LogP contribution in [-0.2, 0) is 13.0 Å². The normalized spacial score (nSPS) is 15.4. The molecule has 0 saturated heterocycles. The van der Waals surface area contributed by atoms with E-state index in [4.69, 9.17) is 9.97 Å². The number of rotatable bonds is 8. The Kier molecular flexibility index (Phi) is 14.3. The third-order valence-electron chi connectivity index (χ3n) is 10.7. The second kappa shape index (κ2) is 17.5. The molecule has 1 fully saturated rings. The van der Waals surface area contributed by atoms with Gasteiger partial charge in [-0.3, -0.25) is 9.97 Å². The number of hydrogen-bond acceptors (Lipinski definition) is 3. The van der Waals surface area contributed by atoms with Crippen molar-refractivity contribution in [3.63, 3.8) is 0 Å². The quantitative estimate of drug-likeness (QED) is 0.160. The summed E-state index contributed by atoms with van der Waals surface area (Å²) in [5.41, 5.74) is 18.1. The van der Waals surface area contributed by atoms with Gasteiger partial charge in [0, 0.05) is 41.8 Å². The molecule has 5 aromatic rings. The third kappa shape index (κ3) is 9.25. The number of hydrogen-bond donors (Lipinski definition) is 0. The van der Waals surface area contributed by atoms with Gasteiger partial charge < -0.3 is 4.90 Å². The van der Waals surface area contributed by atoms with Crippen LogP contribution >= 0.6 is 37.2 Å². The second-order valence-electron chi connectivity index (χ2n) is 13.9. The highest BCUT2D eigenvalue weighted by Crippen LogP contribution is 2.35. The topological polar surface area (TPSA) is 29.0 Å². The number of aromatic nitrogens is 2. The summed E-state index contributed by atoms with van der Waals surface area (Å²) in [5.74, 6) is 0.701. The zero-order valence-corrected chi connectivity index (χ0v) is 32.5. The molecule has 2 heterocycles. The Balaban J connectivity index is 0.00000217. The van der Waals surface area contributed by atoms with Gasteiger partial charge in [0.15, 0.2) is 0 Å². The predicted octanol–water partition coefficient (Wildman–Crippen LogP) is 12.0. The molecule has 1 aliphatic rings. The zero-order valence-electron chi connectivity index (χ0n) is 30.0. The van der Waals surface area contributed by atoms with Crippen LogP contribution in [0.1, 0.15) is 75.8 Å². The van der Waals surface area contributed by atoms with Gasteiger partial charge in [-0.25, -0.2) is 0 Å². The van der Waals surface area contributed by atoms with Crippen molar-refractivity contribution in [1.82, 2.24) is 9.97 Å². The molecule has 0 aliphatic heterocycles. The lowest BCUT2D eigenvalue weighted by atomic mass is 9.81. The number of halogens is 3. The van der Waals surface area contributed by atoms with Gasteiger partial charge in [0.2, 0.25) is 0 Å². The molecule has 0 spiro atoms. The van der Waals surface area contributed by atoms with Crippen molar-refractivity contribution in [3.8, 4) is 22.5 Å². The van der Waals surface area contributed by atoms with E-state index in [0.717, 1.165) is 24.4 Å². The van der Waals surface area contributed by atoms with E-state index >= 15 is 0 Å². The highest BCUT2D eigenvalue weighted by Gasteiger charge is 2.27. The molecule has 3 nitrogen and oxygen atoms in total. The van der Waals surface area contributed by atoms with Gasteiger partial charge in [0.25, 0.3) is 0 Å². The number of nitrogens with zero attached hydrogens (tertiary/aromatic N) is 3. The number of para-hydroxylation sites is 1. The summed E-state index contributed by atoms with van der Waals surface area (Å²) in [6, 6.07) is 27.6. The zero-order chi connectivity index (χ0) is 32.4. The lowest BCUT2D eigenvalue weighted by molar-refractivity contribution is 0.312. The lowest BCUT2D eigenvalue weighted by Crippen LogP contribution is -2.38. The Morgan fingerprint density at radius 1 is 0.551 bits per heavy atom. The number of aryl methyl sites for hydroxylation is 5. The molecule has 0 bridgehead atoms. The molecular formula is C43H52Cl3N3. The van der Waals surface area contributed by atoms with Crippen LogP contribution in [0.5, 0.6) is 0 Å². The monoisotopic (exact) mass is 715 g/mol. The van der Waals surface area contributed by atoms with E-state index in [1.807, 2.05) is 12.4 Å². The first-order valence-electron chi connectivity index (χ1n) is 17.0. The molecule has 49 heavy (non-hydrogen) atoms. The molecule has 6 heteroatoms. The van der Waals surface area contributed by atoms with Gasteiger partial charge in [0.1, 0.15) is 0 Å². The largest absolute Gasteiger partial charge is 0.364 e. The van der Waals surface area contributed by atoms with Gasteiger partial charge in [-0.15, -0.1) is 37.2 Å². The maximum Gasteiger partial charge on any atom is 0.0705 e. The lowest BCUT2D eigenvalue weighted by Gasteiger charge is -2.39. The van der Waals surface area contributed by atoms with E-state index in [1.54, 1.807) is 0 Å². The van der Waals surface area contributed by atoms with Crippen LogP contribution in [-0.4, -0.2) is 16.0 Å². The van der Waals surface area contributed by atoms with Gasteiger partial charge in [-0.2, -0.15) is 0 Å². The summed E-state index contributed by atoms with van der Waals surface area (Å²) in [5, 5.41) is 0. The van der Waals surface area contributed by atoms with E-state index < -0.39 is 0 Å². The molecule has 2 aromatic heterocycles. The summed E-state index contributed by atoms with van der Waals surface area (Å²) in [4.78, 5) is 12.2. The molecule has 0 amide bonds. The maximum atomic E-state index is 4.80. The molecule has 0 radical (unpaired) electrons. The number of pyridine rings is 2. The Morgan fingerprint density at radius 3 is 1.53 bits per heavy atom. The van der Waals surface area contributed by atoms with Crippen molar-refractivity contribution >= 4 is 42.9 Å². The van der Waals surface area contributed by atoms with Crippen LogP contribution < -0.4 is 4.90 Å². The van der Waals surface area contributed by atoms with Crippen molar-refractivity contribution in [2.24, 2.45) is 5.92 Å². The third-order valence-corrected chi connectivity index (χ3v) is 10.7. The number of anilines is 1. The van der Waals surface area contributed by atoms with Gasteiger partial charge in [0.05, 0.1) is 11.4 Å². The van der Waals surface area contributed by atoms with Crippen molar-refractivity contribution in [1.29, 1.82) is 0 Å². The summed E-state index contributed by atoms with van der Waals surface area (Å²) in [6.07, 6.45) is 10.0. The first-order valence-corrected chi connectivity index (χ1v) is 17.0. The maximum absolute atomic E-state index is 4.80. The summed E-state index contributed by atoms with van der Waals surface area (Å²) in [7, 11) is 0. The Bertz CT molecular complexity index is 1810. The second-order valence-corrected chi connectivity index (χ2v) is 13.9. The molecule has 3 aromatic carbocycles. The smallest absolute Gasteiger partial charge is 0.0705 e. The molecule has 0 unspecified atom stereocenters. The fourth-order valence-electron chi connectivity index (χ4n) is 7.34. The summed E-state index contributed by atoms with van der Waals surface area (Å²) in [6.45, 7) is 16.4. The molecule has 1 saturated carbocycles. The number of benzene rings is 3. The minimum Gasteiger partial charge on any atom is -0.364 e. The van der Waals surface area contributed by atoms with Crippen molar-refractivity contribution in [2.45, 2.75) is 93.2 Å². The van der Waals surface area contributed by atoms with E-state index in [1.165, 1.54) is 92.6 Å². The Labute approximate surface area is 313 Å². The molecule has 260 valence electrons. The van der Waals surface area contributed by atoms with E-state index in [-0.39, 0.29) is 37.2 Å². The van der Waals surface area contributed by atoms with Crippen molar-refractivity contribution in [3.05, 3.63) is 135 Å². The predicted molar refractivity (Wildman–Crippen MR) is 216 cm³/mol. The first-order chi connectivity index (χ1) is 22.2. The minimum absolute atomic E-state index is 0. The van der Waals surface area contributed by atoms with E-state index in [2.05, 4.69) is 126 Å². The molecule has 1 aliphatic carbocycles. The van der Waals surface area contributed by atoms with Crippen LogP contribution in [0.3, 0.4) is 0 Å². The molecule has 0 N–H and O–H groups in total. The summed E-state index contributed by atoms with van der Waals surface area (Å²) >= 11 is 0. The van der Waals surface area contributed by atoms with Gasteiger partial charge in [-0.05, 0) is 191 Å². The molecule has 0 atom stereocenters. The summed E-state index contributed by atoms with van der Waals surface area (Å²) < 4.78 is 0. The Morgan fingerprint density at radius 2 is 1.02 bits per heavy atom. The van der Waals surface area contributed by atoms with Crippen LogP contribution in [0.2, 0.25) is 0 Å². The Hall–Kier alpha value is -3.37. The highest BCUT2D eigenvalue weighted by molar-refractivity contribution is 5.86. The van der Waals surface area contributed by atoms with Gasteiger partial charge >= 0.3 is 0 Å². The highest BCUT2D eigenvalue weighted by atomic mass is 35.5. The fourth-order valence-corrected chi connectivity index (χ4v) is 7.34. The van der Waals surface area contributed by atoms with Crippen LogP contribution in [0.15, 0.2) is 85.2 Å². The first kappa shape index (κ1) is 40.1. The van der Waals surface area contributed by atoms with Crippen molar-refractivity contribution in [2.75, 3.05) is 4.90 Å². The van der Waals surface area contributed by atoms with E-state index in [0.29, 0.717) is 12.0 Å². The minimum atomic E-state index is 0. The average molecular weight is 717 g/mol. The van der Waals surface area contributed by atoms with E-state index in [9.17, 15) is 0 Å². The van der Waals surface area contributed by atoms with Gasteiger partial charge in [-0.1, -0.05) is 18.2 Å². The van der Waals surface area contributed by atoms with Crippen molar-refractivity contribution < 1.29 is 0 Å². The van der Waals surface area contributed by atoms with Crippen LogP contribution in [0.25, 0.3) is 22.5 Å².